The predicted octanol–water partition coefficient (Wildman–Crippen LogP) is 3.95. The van der Waals surface area contributed by atoms with Crippen LogP contribution in [0.3, 0.4) is 0 Å². The Morgan fingerprint density at radius 3 is 2.89 bits per heavy atom. The first-order valence-electron chi connectivity index (χ1n) is 6.04. The van der Waals surface area contributed by atoms with Gasteiger partial charge in [0.2, 0.25) is 0 Å². The van der Waals surface area contributed by atoms with Crippen molar-refractivity contribution in [2.75, 3.05) is 6.54 Å². The molecule has 0 amide bonds. The van der Waals surface area contributed by atoms with E-state index in [1.165, 1.54) is 0 Å². The van der Waals surface area contributed by atoms with Crippen molar-refractivity contribution >= 4 is 21.5 Å². The Hall–Kier alpha value is -1.13. The molecule has 0 aliphatic rings. The number of rotatable bonds is 7. The molecule has 0 saturated carbocycles. The van der Waals surface area contributed by atoms with Gasteiger partial charge in [0.05, 0.1) is 17.9 Å². The number of hydrogen-bond acceptors (Lipinski definition) is 2. The van der Waals surface area contributed by atoms with Crippen LogP contribution in [0, 0.1) is 0 Å². The molecule has 0 radical (unpaired) electrons. The third-order valence-corrected chi connectivity index (χ3v) is 2.78. The van der Waals surface area contributed by atoms with Gasteiger partial charge in [0.25, 0.3) is 0 Å². The average molecular weight is 310 g/mol. The standard InChI is InChI=1S/C14H20BrN3/c1-5-8-16-12(4)14-17-9-13(18-14)10(2)6-7-11(3)15/h6-7,9,12,16H,2-3,5,8H2,1,4H3,(H,17,18)/b7-6-. The van der Waals surface area contributed by atoms with Crippen LogP contribution in [-0.2, 0) is 0 Å². The molecule has 0 aromatic carbocycles. The summed E-state index contributed by atoms with van der Waals surface area (Å²) < 4.78 is 0.821. The van der Waals surface area contributed by atoms with Gasteiger partial charge in [-0.05, 0) is 31.5 Å². The van der Waals surface area contributed by atoms with E-state index in [2.05, 4.69) is 58.2 Å². The van der Waals surface area contributed by atoms with Gasteiger partial charge in [0.15, 0.2) is 0 Å². The second kappa shape index (κ2) is 7.34. The van der Waals surface area contributed by atoms with Crippen LogP contribution in [-0.4, -0.2) is 16.5 Å². The van der Waals surface area contributed by atoms with Crippen LogP contribution in [0.2, 0.25) is 0 Å². The molecule has 4 heteroatoms. The maximum atomic E-state index is 4.37. The summed E-state index contributed by atoms with van der Waals surface area (Å²) in [5, 5.41) is 3.39. The lowest BCUT2D eigenvalue weighted by Gasteiger charge is -2.09. The molecule has 0 aliphatic heterocycles. The number of aromatic nitrogens is 2. The Morgan fingerprint density at radius 2 is 2.28 bits per heavy atom. The Morgan fingerprint density at radius 1 is 1.56 bits per heavy atom. The van der Waals surface area contributed by atoms with Gasteiger partial charge >= 0.3 is 0 Å². The first-order valence-corrected chi connectivity index (χ1v) is 6.84. The molecule has 2 N–H and O–H groups in total. The molecular weight excluding hydrogens is 290 g/mol. The summed E-state index contributed by atoms with van der Waals surface area (Å²) >= 11 is 3.27. The molecule has 0 saturated heterocycles. The van der Waals surface area contributed by atoms with E-state index in [9.17, 15) is 0 Å². The summed E-state index contributed by atoms with van der Waals surface area (Å²) in [6.45, 7) is 13.0. The molecule has 1 aromatic heterocycles. The second-order valence-electron chi connectivity index (χ2n) is 4.16. The smallest absolute Gasteiger partial charge is 0.123 e. The highest BCUT2D eigenvalue weighted by molar-refractivity contribution is 9.11. The van der Waals surface area contributed by atoms with Gasteiger partial charge in [-0.15, -0.1) is 0 Å². The second-order valence-corrected chi connectivity index (χ2v) is 5.18. The monoisotopic (exact) mass is 309 g/mol. The SMILES string of the molecule is C=C(Br)/C=C\C(=C)c1cnc(C(C)NCCC)[nH]1. The molecule has 1 aromatic rings. The minimum atomic E-state index is 0.224. The molecule has 0 bridgehead atoms. The Bertz CT molecular complexity index is 446. The number of aromatic amines is 1. The molecule has 18 heavy (non-hydrogen) atoms. The highest BCUT2D eigenvalue weighted by Crippen LogP contribution is 2.16. The van der Waals surface area contributed by atoms with Crippen molar-refractivity contribution in [1.29, 1.82) is 0 Å². The van der Waals surface area contributed by atoms with Gasteiger partial charge in [-0.2, -0.15) is 0 Å². The Kier molecular flexibility index (Phi) is 6.09. The normalized spacial score (nSPS) is 12.8. The quantitative estimate of drug-likeness (QED) is 0.749. The molecule has 1 unspecified atom stereocenters. The van der Waals surface area contributed by atoms with Crippen LogP contribution in [0.1, 0.15) is 37.8 Å². The van der Waals surface area contributed by atoms with Crippen molar-refractivity contribution in [2.45, 2.75) is 26.3 Å². The number of nitrogens with zero attached hydrogens (tertiary/aromatic N) is 1. The van der Waals surface area contributed by atoms with Gasteiger partial charge in [-0.3, -0.25) is 0 Å². The zero-order valence-electron chi connectivity index (χ0n) is 11.0. The number of hydrogen-bond donors (Lipinski definition) is 2. The van der Waals surface area contributed by atoms with E-state index < -0.39 is 0 Å². The van der Waals surface area contributed by atoms with Gasteiger partial charge in [0.1, 0.15) is 5.82 Å². The number of imidazole rings is 1. The van der Waals surface area contributed by atoms with E-state index >= 15 is 0 Å². The zero-order valence-corrected chi connectivity index (χ0v) is 12.5. The highest BCUT2D eigenvalue weighted by atomic mass is 79.9. The van der Waals surface area contributed by atoms with Crippen LogP contribution in [0.15, 0.2) is 36.0 Å². The third kappa shape index (κ3) is 4.63. The maximum absolute atomic E-state index is 4.37. The summed E-state index contributed by atoms with van der Waals surface area (Å²) in [4.78, 5) is 7.65. The van der Waals surface area contributed by atoms with Crippen molar-refractivity contribution in [3.8, 4) is 0 Å². The number of allylic oxidation sites excluding steroid dienone is 4. The minimum absolute atomic E-state index is 0.224. The van der Waals surface area contributed by atoms with E-state index in [0.29, 0.717) is 0 Å². The van der Waals surface area contributed by atoms with Crippen LogP contribution >= 0.6 is 15.9 Å². The molecule has 1 rings (SSSR count). The largest absolute Gasteiger partial charge is 0.341 e. The molecule has 1 heterocycles. The average Bonchev–Trinajstić information content (AvgIpc) is 2.82. The van der Waals surface area contributed by atoms with Crippen molar-refractivity contribution in [2.24, 2.45) is 0 Å². The van der Waals surface area contributed by atoms with E-state index in [4.69, 9.17) is 0 Å². The van der Waals surface area contributed by atoms with Crippen molar-refractivity contribution in [1.82, 2.24) is 15.3 Å². The molecule has 0 spiro atoms. The molecule has 0 fully saturated rings. The summed E-state index contributed by atoms with van der Waals surface area (Å²) in [6.07, 6.45) is 6.68. The third-order valence-electron chi connectivity index (χ3n) is 2.52. The van der Waals surface area contributed by atoms with Crippen molar-refractivity contribution in [3.63, 3.8) is 0 Å². The van der Waals surface area contributed by atoms with E-state index in [0.717, 1.165) is 34.5 Å². The van der Waals surface area contributed by atoms with Gasteiger partial charge in [-0.1, -0.05) is 42.1 Å². The zero-order chi connectivity index (χ0) is 13.5. The van der Waals surface area contributed by atoms with Crippen LogP contribution in [0.25, 0.3) is 5.57 Å². The lowest BCUT2D eigenvalue weighted by molar-refractivity contribution is 0.548. The summed E-state index contributed by atoms with van der Waals surface area (Å²) in [5.41, 5.74) is 1.82. The van der Waals surface area contributed by atoms with Gasteiger partial charge in [0, 0.05) is 4.48 Å². The van der Waals surface area contributed by atoms with Crippen LogP contribution < -0.4 is 5.32 Å². The van der Waals surface area contributed by atoms with Crippen molar-refractivity contribution < 1.29 is 0 Å². The minimum Gasteiger partial charge on any atom is -0.341 e. The van der Waals surface area contributed by atoms with Crippen LogP contribution in [0.5, 0.6) is 0 Å². The molecule has 1 atom stereocenters. The summed E-state index contributed by atoms with van der Waals surface area (Å²) in [5.74, 6) is 0.936. The molecule has 3 nitrogen and oxygen atoms in total. The number of halogens is 1. The first kappa shape index (κ1) is 14.9. The summed E-state index contributed by atoms with van der Waals surface area (Å²) in [6, 6.07) is 0.224. The van der Waals surface area contributed by atoms with E-state index in [-0.39, 0.29) is 6.04 Å². The lowest BCUT2D eigenvalue weighted by atomic mass is 10.2. The number of H-pyrrole nitrogens is 1. The van der Waals surface area contributed by atoms with Crippen LogP contribution in [0.4, 0.5) is 0 Å². The van der Waals surface area contributed by atoms with Gasteiger partial charge in [-0.25, -0.2) is 4.98 Å². The maximum Gasteiger partial charge on any atom is 0.123 e. The molecule has 0 aliphatic carbocycles. The fraction of sp³-hybridized carbons (Fsp3) is 0.357. The topological polar surface area (TPSA) is 40.7 Å². The number of nitrogens with one attached hydrogen (secondary N) is 2. The Balaban J connectivity index is 2.68. The fourth-order valence-electron chi connectivity index (χ4n) is 1.46. The summed E-state index contributed by atoms with van der Waals surface area (Å²) in [7, 11) is 0. The Labute approximate surface area is 117 Å². The first-order chi connectivity index (χ1) is 8.54. The predicted molar refractivity (Wildman–Crippen MR) is 81.5 cm³/mol. The van der Waals surface area contributed by atoms with Gasteiger partial charge < -0.3 is 10.3 Å². The highest BCUT2D eigenvalue weighted by Gasteiger charge is 2.09. The molecule has 98 valence electrons. The van der Waals surface area contributed by atoms with E-state index in [1.807, 2.05) is 18.3 Å². The molecular formula is C14H20BrN3. The lowest BCUT2D eigenvalue weighted by Crippen LogP contribution is -2.20. The fourth-order valence-corrected chi connectivity index (χ4v) is 1.59. The van der Waals surface area contributed by atoms with E-state index in [1.54, 1.807) is 0 Å². The van der Waals surface area contributed by atoms with Crippen molar-refractivity contribution in [3.05, 3.63) is 47.5 Å².